The van der Waals surface area contributed by atoms with Crippen LogP contribution in [0.1, 0.15) is 5.56 Å². The molecule has 1 aromatic rings. The van der Waals surface area contributed by atoms with Crippen molar-refractivity contribution in [3.8, 4) is 6.07 Å². The average Bonchev–Trinajstić information content (AvgIpc) is 2.53. The van der Waals surface area contributed by atoms with Gasteiger partial charge in [-0.3, -0.25) is 9.59 Å². The van der Waals surface area contributed by atoms with Gasteiger partial charge >= 0.3 is 0 Å². The molecular weight excluding hydrogens is 256 g/mol. The molecule has 0 saturated carbocycles. The summed E-state index contributed by atoms with van der Waals surface area (Å²) in [7, 11) is 0. The van der Waals surface area contributed by atoms with Crippen molar-refractivity contribution >= 4 is 18.0 Å². The zero-order valence-corrected chi connectivity index (χ0v) is 11.1. The molecule has 2 amide bonds. The summed E-state index contributed by atoms with van der Waals surface area (Å²) < 4.78 is 0. The molecule has 6 nitrogen and oxygen atoms in total. The minimum atomic E-state index is 0.0138. The van der Waals surface area contributed by atoms with E-state index in [4.69, 9.17) is 5.26 Å². The topological polar surface area (TPSA) is 76.4 Å². The van der Waals surface area contributed by atoms with Gasteiger partial charge in [-0.15, -0.1) is 0 Å². The van der Waals surface area contributed by atoms with E-state index in [9.17, 15) is 9.59 Å². The SMILES string of the molecule is N#Cc1ccc(NCC(=O)N2CCN(C=O)CC2)cc1. The van der Waals surface area contributed by atoms with Gasteiger partial charge in [0, 0.05) is 31.9 Å². The largest absolute Gasteiger partial charge is 0.376 e. The first-order valence-corrected chi connectivity index (χ1v) is 6.44. The van der Waals surface area contributed by atoms with Crippen LogP contribution in [-0.4, -0.2) is 54.8 Å². The summed E-state index contributed by atoms with van der Waals surface area (Å²) in [4.78, 5) is 26.0. The summed E-state index contributed by atoms with van der Waals surface area (Å²) in [6.07, 6.45) is 0.816. The van der Waals surface area contributed by atoms with Crippen molar-refractivity contribution in [3.63, 3.8) is 0 Å². The fourth-order valence-corrected chi connectivity index (χ4v) is 2.03. The Kier molecular flexibility index (Phi) is 4.56. The Balaban J connectivity index is 1.80. The van der Waals surface area contributed by atoms with Crippen LogP contribution < -0.4 is 5.32 Å². The number of anilines is 1. The smallest absolute Gasteiger partial charge is 0.241 e. The van der Waals surface area contributed by atoms with E-state index in [1.807, 2.05) is 6.07 Å². The second kappa shape index (κ2) is 6.57. The Morgan fingerprint density at radius 2 is 1.90 bits per heavy atom. The molecule has 1 saturated heterocycles. The maximum Gasteiger partial charge on any atom is 0.241 e. The third-order valence-electron chi connectivity index (χ3n) is 3.27. The molecule has 1 aliphatic rings. The zero-order valence-electron chi connectivity index (χ0n) is 11.1. The number of rotatable bonds is 4. The van der Waals surface area contributed by atoms with Crippen molar-refractivity contribution in [1.82, 2.24) is 9.80 Å². The van der Waals surface area contributed by atoms with Crippen LogP contribution in [0.15, 0.2) is 24.3 Å². The second-order valence-corrected chi connectivity index (χ2v) is 4.56. The van der Waals surface area contributed by atoms with Crippen LogP contribution in [0, 0.1) is 11.3 Å². The first kappa shape index (κ1) is 13.9. The van der Waals surface area contributed by atoms with Gasteiger partial charge in [-0.1, -0.05) is 0 Å². The van der Waals surface area contributed by atoms with Gasteiger partial charge in [-0.2, -0.15) is 5.26 Å². The van der Waals surface area contributed by atoms with Crippen LogP contribution in [0.4, 0.5) is 5.69 Å². The van der Waals surface area contributed by atoms with Crippen molar-refractivity contribution in [2.45, 2.75) is 0 Å². The number of carbonyl (C=O) groups excluding carboxylic acids is 2. The van der Waals surface area contributed by atoms with Gasteiger partial charge < -0.3 is 15.1 Å². The number of benzene rings is 1. The highest BCUT2D eigenvalue weighted by molar-refractivity contribution is 5.81. The molecule has 2 rings (SSSR count). The lowest BCUT2D eigenvalue weighted by molar-refractivity contribution is -0.133. The number of hydrogen-bond acceptors (Lipinski definition) is 4. The van der Waals surface area contributed by atoms with Gasteiger partial charge in [-0.25, -0.2) is 0 Å². The molecule has 0 atom stereocenters. The van der Waals surface area contributed by atoms with Gasteiger partial charge in [0.25, 0.3) is 0 Å². The quantitative estimate of drug-likeness (QED) is 0.798. The predicted molar refractivity (Wildman–Crippen MR) is 73.9 cm³/mol. The van der Waals surface area contributed by atoms with Crippen LogP contribution >= 0.6 is 0 Å². The summed E-state index contributed by atoms with van der Waals surface area (Å²) in [5, 5.41) is 11.7. The predicted octanol–water partition coefficient (Wildman–Crippen LogP) is 0.271. The highest BCUT2D eigenvalue weighted by Crippen LogP contribution is 2.09. The molecule has 0 aromatic heterocycles. The standard InChI is InChI=1S/C14H16N4O2/c15-9-12-1-3-13(4-2-12)16-10-14(20)18-7-5-17(11-19)6-8-18/h1-4,11,16H,5-8,10H2. The first-order valence-electron chi connectivity index (χ1n) is 6.44. The molecular formula is C14H16N4O2. The van der Waals surface area contributed by atoms with Gasteiger partial charge in [-0.05, 0) is 24.3 Å². The zero-order chi connectivity index (χ0) is 14.4. The summed E-state index contributed by atoms with van der Waals surface area (Å²) in [6.45, 7) is 2.55. The fraction of sp³-hybridized carbons (Fsp3) is 0.357. The number of carbonyl (C=O) groups is 2. The van der Waals surface area contributed by atoms with Crippen LogP contribution in [0.5, 0.6) is 0 Å². The molecule has 104 valence electrons. The van der Waals surface area contributed by atoms with Gasteiger partial charge in [0.15, 0.2) is 0 Å². The number of nitrogens with one attached hydrogen (secondary N) is 1. The van der Waals surface area contributed by atoms with Crippen molar-refractivity contribution < 1.29 is 9.59 Å². The molecule has 1 heterocycles. The fourth-order valence-electron chi connectivity index (χ4n) is 2.03. The monoisotopic (exact) mass is 272 g/mol. The third-order valence-corrected chi connectivity index (χ3v) is 3.27. The maximum absolute atomic E-state index is 12.0. The molecule has 0 radical (unpaired) electrons. The summed E-state index contributed by atoms with van der Waals surface area (Å²) in [5.41, 5.74) is 1.40. The molecule has 6 heteroatoms. The Bertz CT molecular complexity index is 513. The second-order valence-electron chi connectivity index (χ2n) is 4.56. The van der Waals surface area contributed by atoms with E-state index in [0.717, 1.165) is 12.1 Å². The van der Waals surface area contributed by atoms with Gasteiger partial charge in [0.1, 0.15) is 0 Å². The van der Waals surface area contributed by atoms with Crippen LogP contribution in [0.3, 0.4) is 0 Å². The van der Waals surface area contributed by atoms with E-state index < -0.39 is 0 Å². The number of nitriles is 1. The first-order chi connectivity index (χ1) is 9.72. The van der Waals surface area contributed by atoms with E-state index in [1.54, 1.807) is 34.1 Å². The Morgan fingerprint density at radius 1 is 1.25 bits per heavy atom. The molecule has 0 bridgehead atoms. The van der Waals surface area contributed by atoms with E-state index >= 15 is 0 Å². The summed E-state index contributed by atoms with van der Waals surface area (Å²) in [6, 6.07) is 9.00. The molecule has 1 fully saturated rings. The number of hydrogen-bond donors (Lipinski definition) is 1. The van der Waals surface area contributed by atoms with Crippen molar-refractivity contribution in [3.05, 3.63) is 29.8 Å². The van der Waals surface area contributed by atoms with Crippen LogP contribution in [0.2, 0.25) is 0 Å². The Morgan fingerprint density at radius 3 is 2.45 bits per heavy atom. The molecule has 1 aromatic carbocycles. The van der Waals surface area contributed by atoms with Crippen LogP contribution in [-0.2, 0) is 9.59 Å². The number of amides is 2. The van der Waals surface area contributed by atoms with E-state index in [0.29, 0.717) is 31.7 Å². The highest BCUT2D eigenvalue weighted by Gasteiger charge is 2.19. The number of piperazine rings is 1. The summed E-state index contributed by atoms with van der Waals surface area (Å²) in [5.74, 6) is 0.0138. The third kappa shape index (κ3) is 3.48. The number of nitrogens with zero attached hydrogens (tertiary/aromatic N) is 3. The Hall–Kier alpha value is -2.55. The molecule has 1 aliphatic heterocycles. The average molecular weight is 272 g/mol. The molecule has 1 N–H and O–H groups in total. The van der Waals surface area contributed by atoms with Crippen molar-refractivity contribution in [1.29, 1.82) is 5.26 Å². The Labute approximate surface area is 117 Å². The minimum absolute atomic E-state index is 0.0138. The van der Waals surface area contributed by atoms with Crippen molar-refractivity contribution in [2.75, 3.05) is 38.0 Å². The minimum Gasteiger partial charge on any atom is -0.376 e. The van der Waals surface area contributed by atoms with E-state index in [2.05, 4.69) is 5.32 Å². The van der Waals surface area contributed by atoms with E-state index in [1.165, 1.54) is 0 Å². The molecule has 20 heavy (non-hydrogen) atoms. The lowest BCUT2D eigenvalue weighted by Gasteiger charge is -2.32. The van der Waals surface area contributed by atoms with Gasteiger partial charge in [0.05, 0.1) is 18.2 Å². The lowest BCUT2D eigenvalue weighted by Crippen LogP contribution is -2.49. The molecule has 0 aliphatic carbocycles. The normalized spacial score (nSPS) is 14.6. The van der Waals surface area contributed by atoms with Gasteiger partial charge in [0.2, 0.25) is 12.3 Å². The highest BCUT2D eigenvalue weighted by atomic mass is 16.2. The van der Waals surface area contributed by atoms with E-state index in [-0.39, 0.29) is 12.5 Å². The van der Waals surface area contributed by atoms with Crippen molar-refractivity contribution in [2.24, 2.45) is 0 Å². The summed E-state index contributed by atoms with van der Waals surface area (Å²) >= 11 is 0. The molecule has 0 spiro atoms. The molecule has 0 unspecified atom stereocenters. The maximum atomic E-state index is 12.0. The lowest BCUT2D eigenvalue weighted by atomic mass is 10.2. The van der Waals surface area contributed by atoms with Crippen LogP contribution in [0.25, 0.3) is 0 Å².